The highest BCUT2D eigenvalue weighted by molar-refractivity contribution is 7.21. The van der Waals surface area contributed by atoms with Crippen molar-refractivity contribution in [1.29, 1.82) is 0 Å². The molecule has 1 heterocycles. The lowest BCUT2D eigenvalue weighted by Crippen LogP contribution is -2.30. The van der Waals surface area contributed by atoms with Gasteiger partial charge < -0.3 is 9.64 Å². The van der Waals surface area contributed by atoms with E-state index in [1.807, 2.05) is 78.9 Å². The minimum Gasteiger partial charge on any atom is -0.497 e. The van der Waals surface area contributed by atoms with Gasteiger partial charge in [-0.3, -0.25) is 4.79 Å². The van der Waals surface area contributed by atoms with Crippen molar-refractivity contribution in [1.82, 2.24) is 0 Å². The van der Waals surface area contributed by atoms with E-state index < -0.39 is 0 Å². The molecule has 0 fully saturated rings. The number of hydrogen-bond acceptors (Lipinski definition) is 3. The van der Waals surface area contributed by atoms with Gasteiger partial charge >= 0.3 is 0 Å². The average molecular weight is 408 g/mol. The molecule has 0 aliphatic carbocycles. The topological polar surface area (TPSA) is 29.5 Å². The number of carbonyl (C=O) groups is 1. The van der Waals surface area contributed by atoms with E-state index >= 15 is 0 Å². The van der Waals surface area contributed by atoms with Gasteiger partial charge in [-0.25, -0.2) is 0 Å². The van der Waals surface area contributed by atoms with Crippen LogP contribution in [0.25, 0.3) is 10.1 Å². The Balaban J connectivity index is 1.73. The van der Waals surface area contributed by atoms with Crippen molar-refractivity contribution in [3.8, 4) is 5.75 Å². The molecule has 0 radical (unpaired) electrons. The lowest BCUT2D eigenvalue weighted by Gasteiger charge is -2.23. The number of thiophene rings is 1. The molecule has 3 nitrogen and oxygen atoms in total. The fraction of sp³-hybridized carbons (Fsp3) is 0.0870. The fourth-order valence-corrected chi connectivity index (χ4v) is 4.54. The number of anilines is 1. The van der Waals surface area contributed by atoms with Crippen molar-refractivity contribution < 1.29 is 9.53 Å². The summed E-state index contributed by atoms with van der Waals surface area (Å²) in [5.41, 5.74) is 1.84. The first-order valence-electron chi connectivity index (χ1n) is 8.84. The molecule has 1 amide bonds. The van der Waals surface area contributed by atoms with Crippen molar-refractivity contribution in [2.75, 3.05) is 12.0 Å². The summed E-state index contributed by atoms with van der Waals surface area (Å²) < 4.78 is 6.24. The molecule has 28 heavy (non-hydrogen) atoms. The third-order valence-electron chi connectivity index (χ3n) is 4.54. The van der Waals surface area contributed by atoms with Gasteiger partial charge in [-0.15, -0.1) is 11.3 Å². The molecule has 0 unspecified atom stereocenters. The number of fused-ring (bicyclic) bond motifs is 1. The molecule has 0 saturated heterocycles. The second kappa shape index (κ2) is 8.05. The lowest BCUT2D eigenvalue weighted by atomic mass is 10.1. The van der Waals surface area contributed by atoms with Crippen LogP contribution in [-0.4, -0.2) is 13.0 Å². The summed E-state index contributed by atoms with van der Waals surface area (Å²) in [6.07, 6.45) is 0. The standard InChI is InChI=1S/C23H18ClNO2S/c1-27-18-13-11-16(12-14-18)15-25(17-7-3-2-4-8-17)23(26)22-21(24)19-9-5-6-10-20(19)28-22/h2-14H,15H2,1H3. The monoisotopic (exact) mass is 407 g/mol. The maximum Gasteiger partial charge on any atom is 0.270 e. The first kappa shape index (κ1) is 18.5. The second-order valence-corrected chi connectivity index (χ2v) is 7.75. The Kier molecular flexibility index (Phi) is 5.33. The van der Waals surface area contributed by atoms with Crippen molar-refractivity contribution >= 4 is 44.6 Å². The minimum absolute atomic E-state index is 0.104. The van der Waals surface area contributed by atoms with Crippen LogP contribution in [0.2, 0.25) is 5.02 Å². The van der Waals surface area contributed by atoms with E-state index in [2.05, 4.69) is 0 Å². The summed E-state index contributed by atoms with van der Waals surface area (Å²) in [5, 5.41) is 1.43. The van der Waals surface area contributed by atoms with Gasteiger partial charge in [-0.2, -0.15) is 0 Å². The Morgan fingerprint density at radius 2 is 1.64 bits per heavy atom. The van der Waals surface area contributed by atoms with Crippen LogP contribution in [0.15, 0.2) is 78.9 Å². The molecule has 0 bridgehead atoms. The van der Waals surface area contributed by atoms with Gasteiger partial charge in [0.15, 0.2) is 0 Å². The van der Waals surface area contributed by atoms with Crippen molar-refractivity contribution in [3.05, 3.63) is 94.3 Å². The number of methoxy groups -OCH3 is 1. The van der Waals surface area contributed by atoms with Crippen molar-refractivity contribution in [3.63, 3.8) is 0 Å². The summed E-state index contributed by atoms with van der Waals surface area (Å²) in [5.74, 6) is 0.683. The second-order valence-electron chi connectivity index (χ2n) is 6.32. The van der Waals surface area contributed by atoms with Gasteiger partial charge in [-0.05, 0) is 35.9 Å². The van der Waals surface area contributed by atoms with E-state index in [0.29, 0.717) is 16.4 Å². The third-order valence-corrected chi connectivity index (χ3v) is 6.21. The van der Waals surface area contributed by atoms with Crippen molar-refractivity contribution in [2.24, 2.45) is 0 Å². The Morgan fingerprint density at radius 3 is 2.32 bits per heavy atom. The predicted octanol–water partition coefficient (Wildman–Crippen LogP) is 6.41. The Morgan fingerprint density at radius 1 is 0.964 bits per heavy atom. The molecule has 0 aliphatic heterocycles. The smallest absolute Gasteiger partial charge is 0.270 e. The molecule has 5 heteroatoms. The van der Waals surface area contributed by atoms with Gasteiger partial charge in [0.05, 0.1) is 18.7 Å². The molecule has 4 rings (SSSR count). The minimum atomic E-state index is -0.104. The number of carbonyl (C=O) groups excluding carboxylic acids is 1. The normalized spacial score (nSPS) is 10.8. The van der Waals surface area contributed by atoms with Gasteiger partial charge in [0.2, 0.25) is 0 Å². The molecule has 0 N–H and O–H groups in total. The highest BCUT2D eigenvalue weighted by atomic mass is 35.5. The van der Waals surface area contributed by atoms with Crippen LogP contribution in [0.4, 0.5) is 5.69 Å². The number of nitrogens with zero attached hydrogens (tertiary/aromatic N) is 1. The first-order valence-corrected chi connectivity index (χ1v) is 10.0. The summed E-state index contributed by atoms with van der Waals surface area (Å²) in [4.78, 5) is 15.8. The Hall–Kier alpha value is -2.82. The lowest BCUT2D eigenvalue weighted by molar-refractivity contribution is 0.0989. The number of benzene rings is 3. The van der Waals surface area contributed by atoms with Crippen LogP contribution >= 0.6 is 22.9 Å². The van der Waals surface area contributed by atoms with Gasteiger partial charge in [0, 0.05) is 15.8 Å². The van der Waals surface area contributed by atoms with Crippen LogP contribution in [-0.2, 0) is 6.54 Å². The van der Waals surface area contributed by atoms with E-state index in [1.165, 1.54) is 11.3 Å². The molecule has 0 atom stereocenters. The van der Waals surface area contributed by atoms with Gasteiger partial charge in [0.1, 0.15) is 10.6 Å². The number of hydrogen-bond donors (Lipinski definition) is 0. The molecule has 1 aromatic heterocycles. The van der Waals surface area contributed by atoms with Crippen LogP contribution in [0.3, 0.4) is 0 Å². The molecular weight excluding hydrogens is 390 g/mol. The highest BCUT2D eigenvalue weighted by Crippen LogP contribution is 2.37. The fourth-order valence-electron chi connectivity index (χ4n) is 3.08. The molecular formula is C23H18ClNO2S. The maximum absolute atomic E-state index is 13.5. The van der Waals surface area contributed by atoms with Crippen LogP contribution in [0.1, 0.15) is 15.2 Å². The average Bonchev–Trinajstić information content (AvgIpc) is 3.09. The molecule has 3 aromatic carbocycles. The summed E-state index contributed by atoms with van der Waals surface area (Å²) >= 11 is 8.00. The van der Waals surface area contributed by atoms with Crippen LogP contribution in [0.5, 0.6) is 5.75 Å². The quantitative estimate of drug-likeness (QED) is 0.382. The zero-order valence-electron chi connectivity index (χ0n) is 15.3. The summed E-state index contributed by atoms with van der Waals surface area (Å²) in [7, 11) is 1.64. The highest BCUT2D eigenvalue weighted by Gasteiger charge is 2.24. The number of ether oxygens (including phenoxy) is 1. The maximum atomic E-state index is 13.5. The predicted molar refractivity (Wildman–Crippen MR) is 117 cm³/mol. The third kappa shape index (κ3) is 3.61. The molecule has 0 aliphatic rings. The largest absolute Gasteiger partial charge is 0.497 e. The molecule has 140 valence electrons. The van der Waals surface area contributed by atoms with Crippen LogP contribution in [0, 0.1) is 0 Å². The van der Waals surface area contributed by atoms with E-state index in [4.69, 9.17) is 16.3 Å². The van der Waals surface area contributed by atoms with E-state index in [9.17, 15) is 4.79 Å². The van der Waals surface area contributed by atoms with Gasteiger partial charge in [0.25, 0.3) is 5.91 Å². The summed E-state index contributed by atoms with van der Waals surface area (Å²) in [6.45, 7) is 0.442. The zero-order valence-corrected chi connectivity index (χ0v) is 16.8. The first-order chi connectivity index (χ1) is 13.7. The SMILES string of the molecule is COc1ccc(CN(C(=O)c2sc3ccccc3c2Cl)c2ccccc2)cc1. The Bertz CT molecular complexity index is 1110. The summed E-state index contributed by atoms with van der Waals surface area (Å²) in [6, 6.07) is 25.2. The number of halogens is 1. The van der Waals surface area contributed by atoms with Crippen molar-refractivity contribution in [2.45, 2.75) is 6.54 Å². The number of amides is 1. The van der Waals surface area contributed by atoms with E-state index in [-0.39, 0.29) is 5.91 Å². The van der Waals surface area contributed by atoms with E-state index in [0.717, 1.165) is 27.1 Å². The molecule has 0 spiro atoms. The molecule has 4 aromatic rings. The molecule has 0 saturated carbocycles. The number of rotatable bonds is 5. The van der Waals surface area contributed by atoms with E-state index in [1.54, 1.807) is 12.0 Å². The zero-order chi connectivity index (χ0) is 19.5. The number of para-hydroxylation sites is 1. The Labute approximate surface area is 172 Å². The van der Waals surface area contributed by atoms with Gasteiger partial charge in [-0.1, -0.05) is 60.1 Å². The van der Waals surface area contributed by atoms with Crippen LogP contribution < -0.4 is 9.64 Å².